The number of piperidine rings is 1. The second-order valence-corrected chi connectivity index (χ2v) is 8.07. The number of benzene rings is 1. The summed E-state index contributed by atoms with van der Waals surface area (Å²) >= 11 is 0. The van der Waals surface area contributed by atoms with Gasteiger partial charge in [0.25, 0.3) is 10.2 Å². The number of nitrogens with zero attached hydrogens (tertiary/aromatic N) is 2. The Balaban J connectivity index is 2.21. The van der Waals surface area contributed by atoms with E-state index in [9.17, 15) is 26.4 Å². The van der Waals surface area contributed by atoms with Crippen LogP contribution < -0.4 is 0 Å². The molecule has 0 unspecified atom stereocenters. The van der Waals surface area contributed by atoms with E-state index in [2.05, 4.69) is 0 Å². The minimum Gasteiger partial charge on any atom is -0.294 e. The van der Waals surface area contributed by atoms with Crippen molar-refractivity contribution < 1.29 is 26.4 Å². The lowest BCUT2D eigenvalue weighted by Crippen LogP contribution is -2.46. The summed E-state index contributed by atoms with van der Waals surface area (Å²) in [5, 5.41) is 0. The topological polar surface area (TPSA) is 57.7 Å². The molecule has 24 heavy (non-hydrogen) atoms. The van der Waals surface area contributed by atoms with Crippen molar-refractivity contribution in [3.63, 3.8) is 0 Å². The SMILES string of the molecule is CN(C)S(=O)(=O)N1CCC[C@@H](C(=O)c2cccc(C(F)(F)F)c2)C1. The number of carbonyl (C=O) groups excluding carboxylic acids is 1. The molecule has 0 amide bonds. The summed E-state index contributed by atoms with van der Waals surface area (Å²) in [5.41, 5.74) is -0.930. The number of rotatable bonds is 4. The smallest absolute Gasteiger partial charge is 0.294 e. The summed E-state index contributed by atoms with van der Waals surface area (Å²) in [6.07, 6.45) is -3.58. The standard InChI is InChI=1S/C15H19F3N2O3S/c1-19(2)24(22,23)20-8-4-6-12(10-20)14(21)11-5-3-7-13(9-11)15(16,17)18/h3,5,7,9,12H,4,6,8,10H2,1-2H3/t12-/m1/s1. The highest BCUT2D eigenvalue weighted by molar-refractivity contribution is 7.86. The molecule has 1 aromatic carbocycles. The van der Waals surface area contributed by atoms with Crippen molar-refractivity contribution in [3.05, 3.63) is 35.4 Å². The largest absolute Gasteiger partial charge is 0.416 e. The Hall–Kier alpha value is -1.45. The van der Waals surface area contributed by atoms with E-state index in [1.54, 1.807) is 0 Å². The lowest BCUT2D eigenvalue weighted by atomic mass is 9.90. The second kappa shape index (κ2) is 6.81. The molecule has 1 aliphatic heterocycles. The zero-order chi connectivity index (χ0) is 18.1. The van der Waals surface area contributed by atoms with Gasteiger partial charge in [0, 0.05) is 38.7 Å². The summed E-state index contributed by atoms with van der Waals surface area (Å²) in [5.74, 6) is -1.10. The van der Waals surface area contributed by atoms with Crippen molar-refractivity contribution in [2.45, 2.75) is 19.0 Å². The molecule has 0 N–H and O–H groups in total. The van der Waals surface area contributed by atoms with Gasteiger partial charge >= 0.3 is 6.18 Å². The fourth-order valence-corrected chi connectivity index (χ4v) is 3.87. The molecule has 1 fully saturated rings. The number of Topliss-reactive ketones (excluding diaryl/α,β-unsaturated/α-hetero) is 1. The molecule has 2 rings (SSSR count). The number of halogens is 3. The van der Waals surface area contributed by atoms with Crippen molar-refractivity contribution in [3.8, 4) is 0 Å². The van der Waals surface area contributed by atoms with Crippen LogP contribution in [0.15, 0.2) is 24.3 Å². The van der Waals surface area contributed by atoms with Gasteiger partial charge in [-0.3, -0.25) is 4.79 Å². The summed E-state index contributed by atoms with van der Waals surface area (Å²) in [7, 11) is -0.853. The highest BCUT2D eigenvalue weighted by Crippen LogP contribution is 2.31. The second-order valence-electron chi connectivity index (χ2n) is 5.93. The zero-order valence-corrected chi connectivity index (χ0v) is 14.2. The van der Waals surface area contributed by atoms with Crippen LogP contribution in [0.25, 0.3) is 0 Å². The van der Waals surface area contributed by atoms with Crippen LogP contribution in [0.5, 0.6) is 0 Å². The van der Waals surface area contributed by atoms with Crippen LogP contribution in [-0.2, 0) is 16.4 Å². The number of carbonyl (C=O) groups is 1. The Labute approximate surface area is 139 Å². The van der Waals surface area contributed by atoms with Gasteiger partial charge in [0.2, 0.25) is 0 Å². The Morgan fingerprint density at radius 3 is 2.54 bits per heavy atom. The summed E-state index contributed by atoms with van der Waals surface area (Å²) in [6, 6.07) is 4.24. The zero-order valence-electron chi connectivity index (χ0n) is 13.4. The Morgan fingerprint density at radius 1 is 1.29 bits per heavy atom. The average molecular weight is 364 g/mol. The number of hydrogen-bond donors (Lipinski definition) is 0. The van der Waals surface area contributed by atoms with Crippen molar-refractivity contribution in [1.29, 1.82) is 0 Å². The molecule has 1 aromatic rings. The number of ketones is 1. The third-order valence-corrected chi connectivity index (χ3v) is 5.92. The minimum absolute atomic E-state index is 0.0183. The maximum Gasteiger partial charge on any atom is 0.416 e. The molecule has 1 heterocycles. The number of hydrogen-bond acceptors (Lipinski definition) is 3. The van der Waals surface area contributed by atoms with E-state index >= 15 is 0 Å². The predicted octanol–water partition coefficient (Wildman–Crippen LogP) is 2.41. The van der Waals surface area contributed by atoms with Crippen LogP contribution in [0.4, 0.5) is 13.2 Å². The Morgan fingerprint density at radius 2 is 1.96 bits per heavy atom. The summed E-state index contributed by atoms with van der Waals surface area (Å²) in [4.78, 5) is 12.5. The quantitative estimate of drug-likeness (QED) is 0.771. The Kier molecular flexibility index (Phi) is 5.36. The molecule has 0 aromatic heterocycles. The number of alkyl halides is 3. The van der Waals surface area contributed by atoms with Crippen LogP contribution in [0.2, 0.25) is 0 Å². The third-order valence-electron chi connectivity index (χ3n) is 4.02. The van der Waals surface area contributed by atoms with E-state index in [0.29, 0.717) is 19.4 Å². The molecule has 9 heteroatoms. The molecule has 0 radical (unpaired) electrons. The van der Waals surface area contributed by atoms with Crippen LogP contribution in [-0.4, -0.2) is 50.0 Å². The van der Waals surface area contributed by atoms with E-state index in [1.165, 1.54) is 30.5 Å². The first-order valence-electron chi connectivity index (χ1n) is 7.42. The first-order chi connectivity index (χ1) is 11.0. The van der Waals surface area contributed by atoms with Crippen molar-refractivity contribution >= 4 is 16.0 Å². The first kappa shape index (κ1) is 18.9. The normalized spacial score (nSPS) is 20.3. The molecule has 134 valence electrons. The maximum absolute atomic E-state index is 12.8. The molecule has 1 saturated heterocycles. The van der Waals surface area contributed by atoms with Crippen molar-refractivity contribution in [2.75, 3.05) is 27.2 Å². The van der Waals surface area contributed by atoms with Gasteiger partial charge < -0.3 is 0 Å². The van der Waals surface area contributed by atoms with Gasteiger partial charge in [0.1, 0.15) is 0 Å². The van der Waals surface area contributed by atoms with Gasteiger partial charge in [-0.2, -0.15) is 30.2 Å². The van der Waals surface area contributed by atoms with Crippen LogP contribution in [0.3, 0.4) is 0 Å². The summed E-state index contributed by atoms with van der Waals surface area (Å²) < 4.78 is 64.9. The lowest BCUT2D eigenvalue weighted by molar-refractivity contribution is -0.137. The van der Waals surface area contributed by atoms with E-state index < -0.39 is 33.7 Å². The predicted molar refractivity (Wildman–Crippen MR) is 82.7 cm³/mol. The molecular formula is C15H19F3N2O3S. The average Bonchev–Trinajstić information content (AvgIpc) is 2.53. The van der Waals surface area contributed by atoms with Crippen LogP contribution in [0, 0.1) is 5.92 Å². The maximum atomic E-state index is 12.8. The molecule has 0 saturated carbocycles. The highest BCUT2D eigenvalue weighted by Gasteiger charge is 2.35. The van der Waals surface area contributed by atoms with Gasteiger partial charge in [-0.25, -0.2) is 0 Å². The van der Waals surface area contributed by atoms with E-state index in [1.807, 2.05) is 0 Å². The van der Waals surface area contributed by atoms with Gasteiger partial charge in [0.05, 0.1) is 5.56 Å². The van der Waals surface area contributed by atoms with Crippen LogP contribution in [0.1, 0.15) is 28.8 Å². The third kappa shape index (κ3) is 3.96. The van der Waals surface area contributed by atoms with Gasteiger partial charge in [-0.1, -0.05) is 12.1 Å². The molecular weight excluding hydrogens is 345 g/mol. The van der Waals surface area contributed by atoms with E-state index in [-0.39, 0.29) is 12.1 Å². The fraction of sp³-hybridized carbons (Fsp3) is 0.533. The van der Waals surface area contributed by atoms with Crippen molar-refractivity contribution in [1.82, 2.24) is 8.61 Å². The first-order valence-corrected chi connectivity index (χ1v) is 8.82. The van der Waals surface area contributed by atoms with Crippen LogP contribution >= 0.6 is 0 Å². The van der Waals surface area contributed by atoms with Crippen molar-refractivity contribution in [2.24, 2.45) is 5.92 Å². The molecule has 0 spiro atoms. The molecule has 5 nitrogen and oxygen atoms in total. The monoisotopic (exact) mass is 364 g/mol. The molecule has 1 aliphatic rings. The van der Waals surface area contributed by atoms with Gasteiger partial charge in [-0.05, 0) is 25.0 Å². The lowest BCUT2D eigenvalue weighted by Gasteiger charge is -2.32. The highest BCUT2D eigenvalue weighted by atomic mass is 32.2. The van der Waals surface area contributed by atoms with Gasteiger partial charge in [0.15, 0.2) is 5.78 Å². The molecule has 0 aliphatic carbocycles. The Bertz CT molecular complexity index is 717. The van der Waals surface area contributed by atoms with Gasteiger partial charge in [-0.15, -0.1) is 0 Å². The fourth-order valence-electron chi connectivity index (χ4n) is 2.68. The molecule has 0 bridgehead atoms. The molecule has 1 atom stereocenters. The minimum atomic E-state index is -4.52. The van der Waals surface area contributed by atoms with E-state index in [4.69, 9.17) is 0 Å². The summed E-state index contributed by atoms with van der Waals surface area (Å²) in [6.45, 7) is 0.280. The van der Waals surface area contributed by atoms with E-state index in [0.717, 1.165) is 16.4 Å².